The third-order valence-corrected chi connectivity index (χ3v) is 6.05. The van der Waals surface area contributed by atoms with Gasteiger partial charge in [-0.1, -0.05) is 29.5 Å². The van der Waals surface area contributed by atoms with Crippen LogP contribution in [-0.2, 0) is 24.3 Å². The van der Waals surface area contributed by atoms with Gasteiger partial charge < -0.3 is 19.1 Å². The van der Waals surface area contributed by atoms with Gasteiger partial charge >= 0.3 is 6.09 Å². The molecule has 0 unspecified atom stereocenters. The molecule has 0 saturated carbocycles. The lowest BCUT2D eigenvalue weighted by Gasteiger charge is -2.31. The summed E-state index contributed by atoms with van der Waals surface area (Å²) < 4.78 is 16.5. The highest BCUT2D eigenvalue weighted by Gasteiger charge is 2.26. The second kappa shape index (κ2) is 10.3. The van der Waals surface area contributed by atoms with Gasteiger partial charge in [-0.05, 0) is 62.6 Å². The van der Waals surface area contributed by atoms with E-state index in [1.165, 1.54) is 11.3 Å². The van der Waals surface area contributed by atoms with E-state index in [0.29, 0.717) is 46.7 Å². The molecule has 0 aliphatic carbocycles. The van der Waals surface area contributed by atoms with Crippen molar-refractivity contribution in [2.24, 2.45) is 0 Å². The van der Waals surface area contributed by atoms with Crippen LogP contribution >= 0.6 is 11.3 Å². The third kappa shape index (κ3) is 6.27. The Morgan fingerprint density at radius 2 is 1.86 bits per heavy atom. The molecule has 10 heteroatoms. The minimum Gasteiger partial charge on any atom is -0.493 e. The standard InChI is InChI=1S/C25H28N4O5S/c1-25(2,3)34-24(31)29-12-11-16-13-17(9-10-18(16)14-29)22(30)26-23-28-27-21(35-23)15-33-20-8-6-5-7-19(20)32-4/h5-10,13H,11-12,14-15H2,1-4H3,(H,26,28,30). The number of hydrogen-bond acceptors (Lipinski definition) is 8. The molecule has 184 valence electrons. The van der Waals surface area contributed by atoms with E-state index in [2.05, 4.69) is 15.5 Å². The van der Waals surface area contributed by atoms with E-state index in [9.17, 15) is 9.59 Å². The molecule has 2 aromatic carbocycles. The molecule has 0 saturated heterocycles. The number of nitrogens with zero attached hydrogens (tertiary/aromatic N) is 3. The van der Waals surface area contributed by atoms with E-state index in [-0.39, 0.29) is 18.6 Å². The summed E-state index contributed by atoms with van der Waals surface area (Å²) in [5.41, 5.74) is 2.03. The molecule has 1 aliphatic rings. The summed E-state index contributed by atoms with van der Waals surface area (Å²) in [4.78, 5) is 26.9. The first-order valence-electron chi connectivity index (χ1n) is 11.2. The maximum Gasteiger partial charge on any atom is 0.410 e. The van der Waals surface area contributed by atoms with Gasteiger partial charge in [0.2, 0.25) is 5.13 Å². The quantitative estimate of drug-likeness (QED) is 0.529. The van der Waals surface area contributed by atoms with Gasteiger partial charge in [-0.2, -0.15) is 0 Å². The maximum absolute atomic E-state index is 12.8. The summed E-state index contributed by atoms with van der Waals surface area (Å²) in [6.07, 6.45) is 0.325. The van der Waals surface area contributed by atoms with E-state index >= 15 is 0 Å². The number of amides is 2. The van der Waals surface area contributed by atoms with Crippen molar-refractivity contribution in [3.8, 4) is 11.5 Å². The maximum atomic E-state index is 12.8. The Kier molecular flexibility index (Phi) is 7.20. The second-order valence-corrected chi connectivity index (χ2v) is 10.1. The molecular formula is C25H28N4O5S. The van der Waals surface area contributed by atoms with Crippen molar-refractivity contribution >= 4 is 28.5 Å². The van der Waals surface area contributed by atoms with Crippen LogP contribution in [0.5, 0.6) is 11.5 Å². The van der Waals surface area contributed by atoms with Crippen LogP contribution in [0.3, 0.4) is 0 Å². The number of nitrogens with one attached hydrogen (secondary N) is 1. The largest absolute Gasteiger partial charge is 0.493 e. The molecule has 2 heterocycles. The fraction of sp³-hybridized carbons (Fsp3) is 0.360. The molecule has 0 fully saturated rings. The molecule has 3 aromatic rings. The Bertz CT molecular complexity index is 1220. The fourth-order valence-corrected chi connectivity index (χ4v) is 4.23. The van der Waals surface area contributed by atoms with E-state index < -0.39 is 5.60 Å². The van der Waals surface area contributed by atoms with E-state index in [1.807, 2.05) is 57.2 Å². The molecule has 2 amide bonds. The smallest absolute Gasteiger partial charge is 0.410 e. The van der Waals surface area contributed by atoms with Crippen molar-refractivity contribution in [2.75, 3.05) is 19.0 Å². The van der Waals surface area contributed by atoms with Gasteiger partial charge in [0.05, 0.1) is 7.11 Å². The number of aromatic nitrogens is 2. The summed E-state index contributed by atoms with van der Waals surface area (Å²) >= 11 is 1.25. The minimum absolute atomic E-state index is 0.209. The van der Waals surface area contributed by atoms with Crippen LogP contribution in [0.4, 0.5) is 9.93 Å². The van der Waals surface area contributed by atoms with E-state index in [4.69, 9.17) is 14.2 Å². The summed E-state index contributed by atoms with van der Waals surface area (Å²) in [5.74, 6) is 0.970. The molecule has 1 aliphatic heterocycles. The first-order chi connectivity index (χ1) is 16.7. The van der Waals surface area contributed by atoms with E-state index in [0.717, 1.165) is 11.1 Å². The van der Waals surface area contributed by atoms with Crippen LogP contribution in [0.25, 0.3) is 0 Å². The van der Waals surface area contributed by atoms with Gasteiger partial charge in [0, 0.05) is 18.7 Å². The molecule has 0 bridgehead atoms. The molecule has 9 nitrogen and oxygen atoms in total. The lowest BCUT2D eigenvalue weighted by Crippen LogP contribution is -2.39. The van der Waals surface area contributed by atoms with Crippen molar-refractivity contribution in [1.82, 2.24) is 15.1 Å². The molecule has 35 heavy (non-hydrogen) atoms. The number of anilines is 1. The first kappa shape index (κ1) is 24.5. The fourth-order valence-electron chi connectivity index (χ4n) is 3.59. The Labute approximate surface area is 208 Å². The topological polar surface area (TPSA) is 103 Å². The molecule has 1 aromatic heterocycles. The average molecular weight is 497 g/mol. The van der Waals surface area contributed by atoms with Gasteiger partial charge in [0.1, 0.15) is 12.2 Å². The monoisotopic (exact) mass is 496 g/mol. The predicted octanol–water partition coefficient (Wildman–Crippen LogP) is 4.67. The van der Waals surface area contributed by atoms with Gasteiger partial charge in [0.15, 0.2) is 16.5 Å². The highest BCUT2D eigenvalue weighted by Crippen LogP contribution is 2.28. The average Bonchev–Trinajstić information content (AvgIpc) is 3.28. The zero-order chi connectivity index (χ0) is 25.0. The lowest BCUT2D eigenvalue weighted by atomic mass is 9.97. The number of rotatable bonds is 6. The Morgan fingerprint density at radius 1 is 1.09 bits per heavy atom. The number of carbonyl (C=O) groups excluding carboxylic acids is 2. The number of hydrogen-bond donors (Lipinski definition) is 1. The van der Waals surface area contributed by atoms with Crippen molar-refractivity contribution in [3.63, 3.8) is 0 Å². The number of carbonyl (C=O) groups is 2. The molecule has 0 atom stereocenters. The summed E-state index contributed by atoms with van der Waals surface area (Å²) in [6.45, 7) is 6.75. The summed E-state index contributed by atoms with van der Waals surface area (Å²) in [5, 5.41) is 12.0. The zero-order valence-electron chi connectivity index (χ0n) is 20.2. The van der Waals surface area contributed by atoms with Crippen molar-refractivity contribution < 1.29 is 23.8 Å². The second-order valence-electron chi connectivity index (χ2n) is 9.03. The van der Waals surface area contributed by atoms with Gasteiger partial charge in [0.25, 0.3) is 5.91 Å². The minimum atomic E-state index is -0.537. The Balaban J connectivity index is 1.35. The van der Waals surface area contributed by atoms with Crippen molar-refractivity contribution in [2.45, 2.75) is 45.9 Å². The number of para-hydroxylation sites is 2. The Morgan fingerprint density at radius 3 is 2.60 bits per heavy atom. The van der Waals surface area contributed by atoms with Gasteiger partial charge in [-0.3, -0.25) is 10.1 Å². The Hall–Kier alpha value is -3.66. The van der Waals surface area contributed by atoms with Crippen molar-refractivity contribution in [1.29, 1.82) is 0 Å². The zero-order valence-corrected chi connectivity index (χ0v) is 21.0. The number of benzene rings is 2. The highest BCUT2D eigenvalue weighted by atomic mass is 32.1. The molecular weight excluding hydrogens is 468 g/mol. The number of fused-ring (bicyclic) bond motifs is 1. The SMILES string of the molecule is COc1ccccc1OCc1nnc(NC(=O)c2ccc3c(c2)CCN(C(=O)OC(C)(C)C)C3)s1. The van der Waals surface area contributed by atoms with Gasteiger partial charge in [-0.15, -0.1) is 10.2 Å². The number of ether oxygens (including phenoxy) is 3. The van der Waals surface area contributed by atoms with Gasteiger partial charge in [-0.25, -0.2) is 4.79 Å². The summed E-state index contributed by atoms with van der Waals surface area (Å²) in [6, 6.07) is 12.8. The lowest BCUT2D eigenvalue weighted by molar-refractivity contribution is 0.0224. The highest BCUT2D eigenvalue weighted by molar-refractivity contribution is 7.15. The predicted molar refractivity (Wildman–Crippen MR) is 132 cm³/mol. The normalized spacial score (nSPS) is 13.1. The molecule has 0 spiro atoms. The summed E-state index contributed by atoms with van der Waals surface area (Å²) in [7, 11) is 1.58. The van der Waals surface area contributed by atoms with Crippen LogP contribution in [-0.4, -0.2) is 46.4 Å². The van der Waals surface area contributed by atoms with Crippen LogP contribution in [0, 0.1) is 0 Å². The van der Waals surface area contributed by atoms with Crippen LogP contribution < -0.4 is 14.8 Å². The molecule has 4 rings (SSSR count). The first-order valence-corrected chi connectivity index (χ1v) is 12.0. The number of methoxy groups -OCH3 is 1. The van der Waals surface area contributed by atoms with Crippen LogP contribution in [0.1, 0.15) is 47.3 Å². The van der Waals surface area contributed by atoms with Crippen LogP contribution in [0.2, 0.25) is 0 Å². The van der Waals surface area contributed by atoms with Crippen molar-refractivity contribution in [3.05, 3.63) is 64.2 Å². The molecule has 1 N–H and O–H groups in total. The van der Waals surface area contributed by atoms with Crippen LogP contribution in [0.15, 0.2) is 42.5 Å². The van der Waals surface area contributed by atoms with E-state index in [1.54, 1.807) is 18.1 Å². The third-order valence-electron chi connectivity index (χ3n) is 5.24. The molecule has 0 radical (unpaired) electrons.